The highest BCUT2D eigenvalue weighted by Gasteiger charge is 2.25. The average Bonchev–Trinajstić information content (AvgIpc) is 2.94. The number of hydrogen-bond acceptors (Lipinski definition) is 4. The number of hydrogen-bond donors (Lipinski definition) is 2. The first-order chi connectivity index (χ1) is 19.6. The highest BCUT2D eigenvalue weighted by atomic mass is 31.2. The first-order valence-electron chi connectivity index (χ1n) is 17.9. The predicted molar refractivity (Wildman–Crippen MR) is 175 cm³/mol. The summed E-state index contributed by atoms with van der Waals surface area (Å²) in [6, 6.07) is 0. The molecule has 0 saturated carbocycles. The fourth-order valence-corrected chi connectivity index (χ4v) is 6.46. The molecule has 2 unspecified atom stereocenters. The van der Waals surface area contributed by atoms with Gasteiger partial charge in [0.05, 0.1) is 12.7 Å². The van der Waals surface area contributed by atoms with Crippen LogP contribution in [0.15, 0.2) is 0 Å². The van der Waals surface area contributed by atoms with Crippen LogP contribution in [0.25, 0.3) is 0 Å². The van der Waals surface area contributed by atoms with Crippen LogP contribution in [0.3, 0.4) is 0 Å². The van der Waals surface area contributed by atoms with Crippen LogP contribution in [-0.2, 0) is 13.6 Å². The van der Waals surface area contributed by atoms with Crippen molar-refractivity contribution in [3.8, 4) is 0 Å². The molecule has 0 aromatic carbocycles. The fourth-order valence-electron chi connectivity index (χ4n) is 5.48. The maximum atomic E-state index is 12.3. The lowest BCUT2D eigenvalue weighted by Crippen LogP contribution is -2.23. The van der Waals surface area contributed by atoms with E-state index in [1.165, 1.54) is 154 Å². The van der Waals surface area contributed by atoms with E-state index in [4.69, 9.17) is 14.8 Å². The summed E-state index contributed by atoms with van der Waals surface area (Å²) in [5, 5.41) is 0. The van der Waals surface area contributed by atoms with Crippen molar-refractivity contribution in [1.82, 2.24) is 0 Å². The van der Waals surface area contributed by atoms with E-state index in [1.54, 1.807) is 0 Å². The summed E-state index contributed by atoms with van der Waals surface area (Å²) >= 11 is 0. The van der Waals surface area contributed by atoms with Gasteiger partial charge < -0.3 is 10.6 Å². The van der Waals surface area contributed by atoms with Crippen molar-refractivity contribution in [3.05, 3.63) is 0 Å². The lowest BCUT2D eigenvalue weighted by Gasteiger charge is -2.19. The molecule has 0 bridgehead atoms. The van der Waals surface area contributed by atoms with Crippen LogP contribution in [0.2, 0.25) is 0 Å². The maximum Gasteiger partial charge on any atom is 0.472 e. The standard InChI is InChI=1S/C34H72NO4P/c1-3-5-7-9-11-13-15-17-19-21-23-25-27-29-31-34(33-35)39-40(36,37)38-32-30-28-26-24-22-20-18-16-14-12-10-8-6-4-2/h34H,3-33,35H2,1-2H3,(H,36,37). The highest BCUT2D eigenvalue weighted by Crippen LogP contribution is 2.45. The third kappa shape index (κ3) is 31.0. The monoisotopic (exact) mass is 590 g/mol. The van der Waals surface area contributed by atoms with Gasteiger partial charge in [0, 0.05) is 6.54 Å². The molecule has 0 amide bonds. The predicted octanol–water partition coefficient (Wildman–Crippen LogP) is 11.8. The molecule has 40 heavy (non-hydrogen) atoms. The Kier molecular flexibility index (Phi) is 32.0. The van der Waals surface area contributed by atoms with Crippen molar-refractivity contribution in [2.45, 2.75) is 206 Å². The van der Waals surface area contributed by atoms with E-state index in [1.807, 2.05) is 0 Å². The Morgan fingerprint density at radius 3 is 1.15 bits per heavy atom. The Balaban J connectivity index is 3.53. The normalized spacial score (nSPS) is 14.0. The zero-order valence-electron chi connectivity index (χ0n) is 27.2. The molecule has 0 spiro atoms. The first-order valence-corrected chi connectivity index (χ1v) is 19.4. The molecule has 0 saturated heterocycles. The minimum atomic E-state index is -4.02. The summed E-state index contributed by atoms with van der Waals surface area (Å²) < 4.78 is 22.9. The SMILES string of the molecule is CCCCCCCCCCCCCCCCOP(=O)(O)OC(CN)CCCCCCCCCCCCCCCC. The summed E-state index contributed by atoms with van der Waals surface area (Å²) in [5.74, 6) is 0. The van der Waals surface area contributed by atoms with Crippen molar-refractivity contribution in [1.29, 1.82) is 0 Å². The first kappa shape index (κ1) is 40.1. The summed E-state index contributed by atoms with van der Waals surface area (Å²) in [7, 11) is -4.02. The molecule has 5 nitrogen and oxygen atoms in total. The second-order valence-corrected chi connectivity index (χ2v) is 13.7. The van der Waals surface area contributed by atoms with Gasteiger partial charge in [-0.15, -0.1) is 0 Å². The zero-order chi connectivity index (χ0) is 29.4. The number of phosphoric acid groups is 1. The third-order valence-corrected chi connectivity index (χ3v) is 9.25. The second kappa shape index (κ2) is 32.0. The Labute approximate surface area is 251 Å². The van der Waals surface area contributed by atoms with Crippen molar-refractivity contribution >= 4 is 7.82 Å². The van der Waals surface area contributed by atoms with Crippen LogP contribution in [-0.4, -0.2) is 24.1 Å². The molecule has 6 heteroatoms. The molecule has 2 atom stereocenters. The largest absolute Gasteiger partial charge is 0.472 e. The molecular weight excluding hydrogens is 517 g/mol. The summed E-state index contributed by atoms with van der Waals surface area (Å²) in [5.41, 5.74) is 5.81. The number of unbranched alkanes of at least 4 members (excludes halogenated alkanes) is 26. The van der Waals surface area contributed by atoms with Gasteiger partial charge in [-0.1, -0.05) is 187 Å². The van der Waals surface area contributed by atoms with Crippen molar-refractivity contribution < 1.29 is 18.5 Å². The molecule has 0 heterocycles. The van der Waals surface area contributed by atoms with Crippen LogP contribution < -0.4 is 5.73 Å². The Hall–Kier alpha value is 0.0700. The zero-order valence-corrected chi connectivity index (χ0v) is 28.1. The van der Waals surface area contributed by atoms with Gasteiger partial charge in [-0.25, -0.2) is 4.57 Å². The molecule has 0 radical (unpaired) electrons. The molecule has 0 aromatic heterocycles. The van der Waals surface area contributed by atoms with Gasteiger partial charge in [0.25, 0.3) is 0 Å². The highest BCUT2D eigenvalue weighted by molar-refractivity contribution is 7.47. The van der Waals surface area contributed by atoms with Crippen LogP contribution in [0, 0.1) is 0 Å². The molecule has 0 aliphatic heterocycles. The van der Waals surface area contributed by atoms with Crippen LogP contribution in [0.5, 0.6) is 0 Å². The van der Waals surface area contributed by atoms with E-state index in [9.17, 15) is 9.46 Å². The molecule has 242 valence electrons. The molecule has 0 aliphatic rings. The van der Waals surface area contributed by atoms with Crippen molar-refractivity contribution in [3.63, 3.8) is 0 Å². The van der Waals surface area contributed by atoms with Gasteiger partial charge in [-0.05, 0) is 12.8 Å². The second-order valence-electron chi connectivity index (χ2n) is 12.2. The molecule has 0 aliphatic carbocycles. The van der Waals surface area contributed by atoms with Gasteiger partial charge >= 0.3 is 7.82 Å². The number of rotatable bonds is 34. The smallest absolute Gasteiger partial charge is 0.328 e. The van der Waals surface area contributed by atoms with Gasteiger partial charge in [0.2, 0.25) is 0 Å². The van der Waals surface area contributed by atoms with E-state index in [0.29, 0.717) is 0 Å². The van der Waals surface area contributed by atoms with Crippen LogP contribution >= 0.6 is 7.82 Å². The minimum absolute atomic E-state index is 0.255. The van der Waals surface area contributed by atoms with E-state index >= 15 is 0 Å². The van der Waals surface area contributed by atoms with Gasteiger partial charge in [-0.2, -0.15) is 0 Å². The Morgan fingerprint density at radius 2 is 0.825 bits per heavy atom. The van der Waals surface area contributed by atoms with Crippen LogP contribution in [0.4, 0.5) is 0 Å². The topological polar surface area (TPSA) is 81.8 Å². The molecule has 0 fully saturated rings. The molecular formula is C34H72NO4P. The van der Waals surface area contributed by atoms with E-state index in [0.717, 1.165) is 32.1 Å². The summed E-state index contributed by atoms with van der Waals surface area (Å²) in [4.78, 5) is 10.1. The van der Waals surface area contributed by atoms with E-state index in [2.05, 4.69) is 13.8 Å². The fraction of sp³-hybridized carbons (Fsp3) is 1.00. The lowest BCUT2D eigenvalue weighted by molar-refractivity contribution is 0.100. The summed E-state index contributed by atoms with van der Waals surface area (Å²) in [6.45, 7) is 5.08. The van der Waals surface area contributed by atoms with E-state index < -0.39 is 13.9 Å². The van der Waals surface area contributed by atoms with Gasteiger partial charge in [0.15, 0.2) is 0 Å². The Bertz CT molecular complexity index is 534. The number of phosphoric ester groups is 1. The number of nitrogens with two attached hydrogens (primary N) is 1. The lowest BCUT2D eigenvalue weighted by atomic mass is 10.0. The average molecular weight is 590 g/mol. The molecule has 0 aromatic rings. The summed E-state index contributed by atoms with van der Waals surface area (Å²) in [6.07, 6.45) is 36.8. The Morgan fingerprint density at radius 1 is 0.525 bits per heavy atom. The van der Waals surface area contributed by atoms with Gasteiger partial charge in [0.1, 0.15) is 0 Å². The van der Waals surface area contributed by atoms with Gasteiger partial charge in [-0.3, -0.25) is 9.05 Å². The van der Waals surface area contributed by atoms with E-state index in [-0.39, 0.29) is 13.2 Å². The molecule has 3 N–H and O–H groups in total. The maximum absolute atomic E-state index is 12.3. The molecule has 0 rings (SSSR count). The minimum Gasteiger partial charge on any atom is -0.328 e. The van der Waals surface area contributed by atoms with Crippen molar-refractivity contribution in [2.75, 3.05) is 13.2 Å². The van der Waals surface area contributed by atoms with Crippen LogP contribution in [0.1, 0.15) is 200 Å². The third-order valence-electron chi connectivity index (χ3n) is 8.18. The quantitative estimate of drug-likeness (QED) is 0.0576. The van der Waals surface area contributed by atoms with Crippen molar-refractivity contribution in [2.24, 2.45) is 5.73 Å².